The lowest BCUT2D eigenvalue weighted by Crippen LogP contribution is -2.17. The molecule has 4 heteroatoms. The van der Waals surface area contributed by atoms with Crippen LogP contribution in [0.5, 0.6) is 0 Å². The highest BCUT2D eigenvalue weighted by Gasteiger charge is 2.43. The molecule has 0 saturated heterocycles. The Morgan fingerprint density at radius 3 is 2.69 bits per heavy atom. The number of nitrogens with one attached hydrogen (secondary N) is 1. The van der Waals surface area contributed by atoms with Crippen LogP contribution >= 0.6 is 0 Å². The van der Waals surface area contributed by atoms with Gasteiger partial charge in [-0.1, -0.05) is 60.6 Å². The zero-order valence-electron chi connectivity index (χ0n) is 18.8. The van der Waals surface area contributed by atoms with Gasteiger partial charge in [0.15, 0.2) is 0 Å². The van der Waals surface area contributed by atoms with Crippen molar-refractivity contribution in [3.8, 4) is 0 Å². The summed E-state index contributed by atoms with van der Waals surface area (Å²) in [6, 6.07) is 13.8. The summed E-state index contributed by atoms with van der Waals surface area (Å²) in [5.74, 6) is 1.12. The number of allylic oxidation sites excluding steroid dienone is 2. The molecular weight excluding hydrogens is 396 g/mol. The van der Waals surface area contributed by atoms with Crippen LogP contribution in [-0.2, 0) is 6.54 Å². The molecule has 2 aliphatic carbocycles. The number of nitrogens with zero attached hydrogens (tertiary/aromatic N) is 1. The molecular formula is C28H36N2O2. The average Bonchev–Trinajstić information content (AvgIpc) is 3.34. The Morgan fingerprint density at radius 2 is 1.88 bits per heavy atom. The van der Waals surface area contributed by atoms with E-state index in [-0.39, 0.29) is 12.0 Å². The molecule has 0 radical (unpaired) electrons. The van der Waals surface area contributed by atoms with Crippen molar-refractivity contribution in [1.82, 2.24) is 10.3 Å². The molecule has 0 spiro atoms. The first-order valence-electron chi connectivity index (χ1n) is 12.1. The van der Waals surface area contributed by atoms with Crippen LogP contribution in [0.3, 0.4) is 0 Å². The average molecular weight is 433 g/mol. The first-order valence-corrected chi connectivity index (χ1v) is 12.1. The van der Waals surface area contributed by atoms with E-state index in [0.717, 1.165) is 31.5 Å². The number of aliphatic hydroxyl groups is 2. The highest BCUT2D eigenvalue weighted by molar-refractivity contribution is 5.24. The topological polar surface area (TPSA) is 65.4 Å². The second-order valence-corrected chi connectivity index (χ2v) is 9.32. The molecule has 0 unspecified atom stereocenters. The van der Waals surface area contributed by atoms with Crippen molar-refractivity contribution in [2.24, 2.45) is 17.8 Å². The van der Waals surface area contributed by atoms with Gasteiger partial charge in [0.25, 0.3) is 0 Å². The van der Waals surface area contributed by atoms with Gasteiger partial charge in [-0.25, -0.2) is 0 Å². The molecule has 0 bridgehead atoms. The predicted molar refractivity (Wildman–Crippen MR) is 129 cm³/mol. The minimum Gasteiger partial charge on any atom is -0.392 e. The molecule has 2 aromatic rings. The van der Waals surface area contributed by atoms with Crippen molar-refractivity contribution >= 4 is 0 Å². The molecule has 0 amide bonds. The second kappa shape index (κ2) is 11.6. The molecule has 1 fully saturated rings. The summed E-state index contributed by atoms with van der Waals surface area (Å²) < 4.78 is 0. The van der Waals surface area contributed by atoms with E-state index in [9.17, 15) is 10.2 Å². The van der Waals surface area contributed by atoms with Crippen molar-refractivity contribution in [2.75, 3.05) is 6.54 Å². The van der Waals surface area contributed by atoms with Gasteiger partial charge in [-0.2, -0.15) is 0 Å². The zero-order valence-corrected chi connectivity index (χ0v) is 18.8. The van der Waals surface area contributed by atoms with E-state index < -0.39 is 6.10 Å². The molecule has 1 saturated carbocycles. The Morgan fingerprint density at radius 1 is 1.06 bits per heavy atom. The molecule has 3 N–H and O–H groups in total. The van der Waals surface area contributed by atoms with Crippen LogP contribution in [-0.4, -0.2) is 27.8 Å². The van der Waals surface area contributed by atoms with Crippen molar-refractivity contribution in [3.63, 3.8) is 0 Å². The molecule has 32 heavy (non-hydrogen) atoms. The van der Waals surface area contributed by atoms with Gasteiger partial charge < -0.3 is 15.5 Å². The predicted octanol–water partition coefficient (Wildman–Crippen LogP) is 4.96. The normalized spacial score (nSPS) is 25.8. The van der Waals surface area contributed by atoms with Gasteiger partial charge in [0, 0.05) is 24.9 Å². The quantitative estimate of drug-likeness (QED) is 0.347. The van der Waals surface area contributed by atoms with E-state index in [1.54, 1.807) is 5.57 Å². The molecule has 2 aliphatic rings. The van der Waals surface area contributed by atoms with Crippen LogP contribution in [0.15, 0.2) is 78.7 Å². The summed E-state index contributed by atoms with van der Waals surface area (Å²) in [4.78, 5) is 4.05. The maximum absolute atomic E-state index is 10.6. The highest BCUT2D eigenvalue weighted by atomic mass is 16.3. The fourth-order valence-corrected chi connectivity index (χ4v) is 5.30. The fourth-order valence-electron chi connectivity index (χ4n) is 5.30. The summed E-state index contributed by atoms with van der Waals surface area (Å²) in [6.07, 6.45) is 15.9. The number of aliphatic hydroxyl groups excluding tert-OH is 2. The van der Waals surface area contributed by atoms with E-state index >= 15 is 0 Å². The maximum atomic E-state index is 10.6. The van der Waals surface area contributed by atoms with Crippen LogP contribution in [0, 0.1) is 17.8 Å². The summed E-state index contributed by atoms with van der Waals surface area (Å²) in [5.41, 5.74) is 3.75. The van der Waals surface area contributed by atoms with Crippen LogP contribution < -0.4 is 5.32 Å². The molecule has 0 aliphatic heterocycles. The Bertz CT molecular complexity index is 881. The van der Waals surface area contributed by atoms with E-state index in [4.69, 9.17) is 0 Å². The first-order chi connectivity index (χ1) is 15.7. The van der Waals surface area contributed by atoms with E-state index in [2.05, 4.69) is 34.6 Å². The number of unbranched alkanes of at least 4 members (excludes halogenated alkanes) is 2. The van der Waals surface area contributed by atoms with Gasteiger partial charge in [0.05, 0.1) is 12.2 Å². The summed E-state index contributed by atoms with van der Waals surface area (Å²) in [7, 11) is 0. The summed E-state index contributed by atoms with van der Waals surface area (Å²) in [5, 5.41) is 24.5. The Kier molecular flexibility index (Phi) is 8.27. The third-order valence-corrected chi connectivity index (χ3v) is 7.04. The van der Waals surface area contributed by atoms with Gasteiger partial charge in [0.1, 0.15) is 0 Å². The van der Waals surface area contributed by atoms with E-state index in [0.29, 0.717) is 11.8 Å². The Balaban J connectivity index is 1.16. The second-order valence-electron chi connectivity index (χ2n) is 9.32. The van der Waals surface area contributed by atoms with Gasteiger partial charge in [-0.05, 0) is 73.7 Å². The standard InChI is InChI=1S/C28H36N2O2/c31-27(23-8-4-1-5-9-23)11-10-25-26-18-22(17-24(26)19-28(25)32)7-3-2-6-14-30-20-21-12-15-29-16-13-21/h1,4-5,8-13,15-17,24-28,30-32H,2-3,6-7,14,18-20H2/b11-10+/t24-,25+,26-,27+,28+/m0/s1. The Labute approximate surface area is 192 Å². The maximum Gasteiger partial charge on any atom is 0.0971 e. The lowest BCUT2D eigenvalue weighted by atomic mass is 9.88. The van der Waals surface area contributed by atoms with Crippen LogP contribution in [0.4, 0.5) is 0 Å². The van der Waals surface area contributed by atoms with E-state index in [1.807, 2.05) is 48.8 Å². The van der Waals surface area contributed by atoms with Crippen LogP contribution in [0.1, 0.15) is 55.8 Å². The van der Waals surface area contributed by atoms with Crippen molar-refractivity contribution < 1.29 is 10.2 Å². The molecule has 4 rings (SSSR count). The number of pyridine rings is 1. The highest BCUT2D eigenvalue weighted by Crippen LogP contribution is 2.48. The number of benzene rings is 1. The smallest absolute Gasteiger partial charge is 0.0971 e. The van der Waals surface area contributed by atoms with Gasteiger partial charge in [-0.15, -0.1) is 0 Å². The van der Waals surface area contributed by atoms with Crippen molar-refractivity contribution in [3.05, 3.63) is 89.8 Å². The van der Waals surface area contributed by atoms with Gasteiger partial charge in [0.2, 0.25) is 0 Å². The molecule has 5 atom stereocenters. The van der Waals surface area contributed by atoms with Crippen molar-refractivity contribution in [1.29, 1.82) is 0 Å². The number of rotatable bonds is 11. The third kappa shape index (κ3) is 6.16. The molecule has 4 nitrogen and oxygen atoms in total. The summed E-state index contributed by atoms with van der Waals surface area (Å²) >= 11 is 0. The minimum atomic E-state index is -0.608. The lowest BCUT2D eigenvalue weighted by molar-refractivity contribution is 0.140. The monoisotopic (exact) mass is 432 g/mol. The third-order valence-electron chi connectivity index (χ3n) is 7.04. The Hall–Kier alpha value is -2.27. The van der Waals surface area contributed by atoms with Crippen molar-refractivity contribution in [2.45, 2.75) is 57.3 Å². The first kappa shape index (κ1) is 22.9. The number of hydrogen-bond acceptors (Lipinski definition) is 4. The van der Waals surface area contributed by atoms with E-state index in [1.165, 1.54) is 31.2 Å². The summed E-state index contributed by atoms with van der Waals surface area (Å²) in [6.45, 7) is 1.96. The zero-order chi connectivity index (χ0) is 22.2. The number of fused-ring (bicyclic) bond motifs is 1. The van der Waals surface area contributed by atoms with Gasteiger partial charge in [-0.3, -0.25) is 4.98 Å². The largest absolute Gasteiger partial charge is 0.392 e. The van der Waals surface area contributed by atoms with Gasteiger partial charge >= 0.3 is 0 Å². The minimum absolute atomic E-state index is 0.143. The SMILES string of the molecule is O[C@H](/C=C/[C@@H]1[C@H]2CC(CCCCCNCc3ccncc3)=C[C@H]2C[C@H]1O)c1ccccc1. The molecule has 1 heterocycles. The number of hydrogen-bond donors (Lipinski definition) is 3. The van der Waals surface area contributed by atoms with Crippen LogP contribution in [0.2, 0.25) is 0 Å². The van der Waals surface area contributed by atoms with Crippen LogP contribution in [0.25, 0.3) is 0 Å². The number of aromatic nitrogens is 1. The lowest BCUT2D eigenvalue weighted by Gasteiger charge is -2.19. The molecule has 170 valence electrons. The fraction of sp³-hybridized carbons (Fsp3) is 0.464. The molecule has 1 aromatic carbocycles. The molecule has 1 aromatic heterocycles.